The van der Waals surface area contributed by atoms with E-state index in [4.69, 9.17) is 0 Å². The van der Waals surface area contributed by atoms with E-state index in [2.05, 4.69) is 210 Å². The van der Waals surface area contributed by atoms with Gasteiger partial charge in [0.1, 0.15) is 0 Å². The lowest BCUT2D eigenvalue weighted by Crippen LogP contribution is -2.64. The number of hydrogen-bond donors (Lipinski definition) is 0. The Kier molecular flexibility index (Phi) is 6.29. The van der Waals surface area contributed by atoms with Crippen molar-refractivity contribution in [3.63, 3.8) is 0 Å². The van der Waals surface area contributed by atoms with Gasteiger partial charge in [0.25, 0.3) is 0 Å². The van der Waals surface area contributed by atoms with E-state index in [0.717, 1.165) is 17.1 Å². The van der Waals surface area contributed by atoms with Crippen molar-refractivity contribution in [1.82, 2.24) is 4.57 Å². The molecule has 242 valence electrons. The SMILES string of the molecule is c1ccc(N(c2ccccc2)c2ccc3c(c2)c2ccc4c5c2n3-c2ccccc2B5c2ccccc2C4(c2ccccc2)c2ccccc2)cc1. The van der Waals surface area contributed by atoms with Crippen molar-refractivity contribution in [3.8, 4) is 5.69 Å². The highest BCUT2D eigenvalue weighted by Gasteiger charge is 2.50. The van der Waals surface area contributed by atoms with E-state index >= 15 is 0 Å². The largest absolute Gasteiger partial charge is 0.310 e. The minimum absolute atomic E-state index is 0.105. The minimum Gasteiger partial charge on any atom is -0.310 e. The Bertz CT molecular complexity index is 2710. The average molecular weight is 661 g/mol. The molecule has 0 radical (unpaired) electrons. The van der Waals surface area contributed by atoms with Gasteiger partial charge in [0.15, 0.2) is 0 Å². The van der Waals surface area contributed by atoms with E-state index in [-0.39, 0.29) is 6.71 Å². The highest BCUT2D eigenvalue weighted by Crippen LogP contribution is 2.49. The number of rotatable bonds is 5. The van der Waals surface area contributed by atoms with Crippen LogP contribution in [0.4, 0.5) is 17.1 Å². The molecular weight excluding hydrogens is 627 g/mol. The van der Waals surface area contributed by atoms with Gasteiger partial charge >= 0.3 is 0 Å². The molecular formula is C49H33BN2. The molecule has 2 aliphatic heterocycles. The highest BCUT2D eigenvalue weighted by atomic mass is 15.1. The van der Waals surface area contributed by atoms with Crippen LogP contribution in [-0.4, -0.2) is 11.3 Å². The van der Waals surface area contributed by atoms with Crippen LogP contribution in [0, 0.1) is 0 Å². The zero-order valence-electron chi connectivity index (χ0n) is 28.5. The van der Waals surface area contributed by atoms with Gasteiger partial charge < -0.3 is 9.47 Å². The Balaban J connectivity index is 1.28. The molecule has 3 heterocycles. The lowest BCUT2D eigenvalue weighted by atomic mass is 9.29. The Morgan fingerprint density at radius 2 is 0.981 bits per heavy atom. The van der Waals surface area contributed by atoms with Crippen LogP contribution in [0.15, 0.2) is 200 Å². The second kappa shape index (κ2) is 11.2. The molecule has 0 saturated carbocycles. The quantitative estimate of drug-likeness (QED) is 0.167. The molecule has 0 unspecified atom stereocenters. The molecule has 0 atom stereocenters. The average Bonchev–Trinajstić information content (AvgIpc) is 3.56. The molecule has 0 bridgehead atoms. The molecule has 2 aliphatic rings. The molecule has 1 aromatic heterocycles. The fourth-order valence-electron chi connectivity index (χ4n) is 9.55. The summed E-state index contributed by atoms with van der Waals surface area (Å²) >= 11 is 0. The van der Waals surface area contributed by atoms with Gasteiger partial charge in [-0.1, -0.05) is 157 Å². The van der Waals surface area contributed by atoms with Crippen molar-refractivity contribution in [2.24, 2.45) is 0 Å². The van der Waals surface area contributed by atoms with E-state index in [1.165, 1.54) is 66.1 Å². The molecule has 11 rings (SSSR count). The second-order valence-corrected chi connectivity index (χ2v) is 14.0. The molecule has 2 nitrogen and oxygen atoms in total. The van der Waals surface area contributed by atoms with Crippen LogP contribution in [0.1, 0.15) is 22.3 Å². The van der Waals surface area contributed by atoms with Gasteiger partial charge in [0, 0.05) is 39.0 Å². The fraction of sp³-hybridized carbons (Fsp3) is 0.0204. The van der Waals surface area contributed by atoms with Gasteiger partial charge in [0.2, 0.25) is 6.71 Å². The maximum absolute atomic E-state index is 2.56. The lowest BCUT2D eigenvalue weighted by Gasteiger charge is -2.46. The predicted molar refractivity (Wildman–Crippen MR) is 218 cm³/mol. The van der Waals surface area contributed by atoms with E-state index in [9.17, 15) is 0 Å². The standard InChI is InChI=1S/C49H33BN2/c1-5-17-34(18-6-1)49(35-19-7-2-8-20-35)41-25-13-14-26-43(41)50-44-27-15-16-28-46(44)52-45-32-29-38(33-40(45)39-30-31-42(49)47(50)48(39)52)51(36-21-9-3-10-22-36)37-23-11-4-12-24-37/h1-33H. The summed E-state index contributed by atoms with van der Waals surface area (Å²) in [6.45, 7) is 0.105. The van der Waals surface area contributed by atoms with Gasteiger partial charge in [-0.25, -0.2) is 0 Å². The molecule has 0 spiro atoms. The normalized spacial score (nSPS) is 13.5. The molecule has 3 heteroatoms. The number of aromatic nitrogens is 1. The van der Waals surface area contributed by atoms with Crippen molar-refractivity contribution in [3.05, 3.63) is 222 Å². The number of hydrogen-bond acceptors (Lipinski definition) is 1. The van der Waals surface area contributed by atoms with Gasteiger partial charge in [-0.05, 0) is 81.7 Å². The molecule has 0 fully saturated rings. The molecule has 9 aromatic rings. The number of nitrogens with zero attached hydrogens (tertiary/aromatic N) is 2. The molecule has 52 heavy (non-hydrogen) atoms. The molecule has 0 N–H and O–H groups in total. The van der Waals surface area contributed by atoms with Crippen LogP contribution in [0.2, 0.25) is 0 Å². The Morgan fingerprint density at radius 3 is 1.63 bits per heavy atom. The Hall–Kier alpha value is -6.58. The fourth-order valence-corrected chi connectivity index (χ4v) is 9.55. The van der Waals surface area contributed by atoms with Crippen LogP contribution in [0.3, 0.4) is 0 Å². The van der Waals surface area contributed by atoms with Gasteiger partial charge in [-0.15, -0.1) is 0 Å². The van der Waals surface area contributed by atoms with Crippen molar-refractivity contribution in [1.29, 1.82) is 0 Å². The summed E-state index contributed by atoms with van der Waals surface area (Å²) in [5.74, 6) is 0. The van der Waals surface area contributed by atoms with Crippen molar-refractivity contribution < 1.29 is 0 Å². The monoisotopic (exact) mass is 660 g/mol. The lowest BCUT2D eigenvalue weighted by molar-refractivity contribution is 0.751. The van der Waals surface area contributed by atoms with Crippen LogP contribution in [0.5, 0.6) is 0 Å². The zero-order valence-corrected chi connectivity index (χ0v) is 28.5. The topological polar surface area (TPSA) is 8.17 Å². The van der Waals surface area contributed by atoms with E-state index < -0.39 is 5.41 Å². The first kappa shape index (κ1) is 29.2. The maximum atomic E-state index is 2.56. The van der Waals surface area contributed by atoms with Gasteiger partial charge in [-0.3, -0.25) is 0 Å². The predicted octanol–water partition coefficient (Wildman–Crippen LogP) is 9.78. The molecule has 0 saturated heterocycles. The molecule has 0 aliphatic carbocycles. The van der Waals surface area contributed by atoms with Crippen LogP contribution in [0.25, 0.3) is 27.5 Å². The van der Waals surface area contributed by atoms with Crippen LogP contribution >= 0.6 is 0 Å². The summed E-state index contributed by atoms with van der Waals surface area (Å²) < 4.78 is 2.56. The molecule has 8 aromatic carbocycles. The number of fused-ring (bicyclic) bond motifs is 8. The zero-order chi connectivity index (χ0) is 34.2. The van der Waals surface area contributed by atoms with Gasteiger partial charge in [-0.2, -0.15) is 0 Å². The first-order valence-corrected chi connectivity index (χ1v) is 18.2. The van der Waals surface area contributed by atoms with Crippen LogP contribution < -0.4 is 21.3 Å². The first-order chi connectivity index (χ1) is 25.8. The summed E-state index contributed by atoms with van der Waals surface area (Å²) in [5.41, 5.74) is 16.1. The van der Waals surface area contributed by atoms with Crippen molar-refractivity contribution in [2.45, 2.75) is 5.41 Å². The van der Waals surface area contributed by atoms with Crippen molar-refractivity contribution in [2.75, 3.05) is 4.90 Å². The third-order valence-corrected chi connectivity index (χ3v) is 11.5. The van der Waals surface area contributed by atoms with Crippen molar-refractivity contribution >= 4 is 62.0 Å². The Labute approximate surface area is 303 Å². The summed E-state index contributed by atoms with van der Waals surface area (Å²) in [4.78, 5) is 2.36. The van der Waals surface area contributed by atoms with E-state index in [1.54, 1.807) is 0 Å². The number of anilines is 3. The van der Waals surface area contributed by atoms with E-state index in [0.29, 0.717) is 0 Å². The van der Waals surface area contributed by atoms with E-state index in [1.807, 2.05) is 0 Å². The smallest absolute Gasteiger partial charge is 0.247 e. The van der Waals surface area contributed by atoms with Crippen LogP contribution in [-0.2, 0) is 5.41 Å². The maximum Gasteiger partial charge on any atom is 0.247 e. The summed E-state index contributed by atoms with van der Waals surface area (Å²) in [7, 11) is 0. The van der Waals surface area contributed by atoms with Gasteiger partial charge in [0.05, 0.1) is 10.9 Å². The summed E-state index contributed by atoms with van der Waals surface area (Å²) in [5, 5.41) is 2.54. The third-order valence-electron chi connectivity index (χ3n) is 11.5. The highest BCUT2D eigenvalue weighted by molar-refractivity contribution is 6.99. The third kappa shape index (κ3) is 3.91. The second-order valence-electron chi connectivity index (χ2n) is 14.0. The Morgan fingerprint density at radius 1 is 0.423 bits per heavy atom. The minimum atomic E-state index is -0.491. The number of para-hydroxylation sites is 3. The molecule has 0 amide bonds. The summed E-state index contributed by atoms with van der Waals surface area (Å²) in [6.07, 6.45) is 0. The first-order valence-electron chi connectivity index (χ1n) is 18.2. The summed E-state index contributed by atoms with van der Waals surface area (Å²) in [6, 6.07) is 73.9. The number of benzene rings is 8.